The molecule has 7 nitrogen and oxygen atoms in total. The second kappa shape index (κ2) is 9.48. The molecule has 0 radical (unpaired) electrons. The number of nitrogens with zero attached hydrogens (tertiary/aromatic N) is 2. The summed E-state index contributed by atoms with van der Waals surface area (Å²) >= 11 is 0. The molecule has 0 spiro atoms. The van der Waals surface area contributed by atoms with Crippen molar-refractivity contribution in [3.63, 3.8) is 0 Å². The number of hydrogen-bond donors (Lipinski definition) is 2. The summed E-state index contributed by atoms with van der Waals surface area (Å²) in [5, 5.41) is 19.6. The van der Waals surface area contributed by atoms with Crippen molar-refractivity contribution in [2.24, 2.45) is 5.92 Å². The van der Waals surface area contributed by atoms with E-state index in [4.69, 9.17) is 0 Å². The van der Waals surface area contributed by atoms with E-state index >= 15 is 0 Å². The molecular formula is C11H17KN4O3. The number of carbonyl (C=O) groups excluding carboxylic acids is 2. The topological polar surface area (TPSA) is 101 Å². The summed E-state index contributed by atoms with van der Waals surface area (Å²) in [6, 6.07) is 1.30. The maximum Gasteiger partial charge on any atom is 1.00 e. The van der Waals surface area contributed by atoms with E-state index in [9.17, 15) is 14.7 Å². The molecular weight excluding hydrogens is 275 g/mol. The number of carbonyl (C=O) groups is 2. The largest absolute Gasteiger partial charge is 1.00 e. The molecule has 0 bridgehead atoms. The van der Waals surface area contributed by atoms with Gasteiger partial charge in [-0.25, -0.2) is 4.79 Å². The Balaban J connectivity index is 0.00000324. The molecule has 2 amide bonds. The molecule has 0 saturated carbocycles. The summed E-state index contributed by atoms with van der Waals surface area (Å²) in [6.45, 7) is 4.05. The number of rotatable bonds is 6. The molecule has 1 aromatic heterocycles. The van der Waals surface area contributed by atoms with Crippen molar-refractivity contribution in [1.82, 2.24) is 20.4 Å². The smallest absolute Gasteiger partial charge is 0.548 e. The van der Waals surface area contributed by atoms with E-state index in [2.05, 4.69) is 15.5 Å². The van der Waals surface area contributed by atoms with Crippen molar-refractivity contribution in [2.75, 3.05) is 13.1 Å². The number of carboxylic acids is 1. The predicted octanol–water partition coefficient (Wildman–Crippen LogP) is -3.67. The minimum absolute atomic E-state index is 0. The van der Waals surface area contributed by atoms with Crippen LogP contribution < -0.4 is 61.8 Å². The second-order valence-corrected chi connectivity index (χ2v) is 4.39. The second-order valence-electron chi connectivity index (χ2n) is 4.39. The van der Waals surface area contributed by atoms with Crippen LogP contribution in [0.15, 0.2) is 12.3 Å². The van der Waals surface area contributed by atoms with Crippen LogP contribution in [0.25, 0.3) is 0 Å². The standard InChI is InChI=1S/C11H18N4O3.K/c1-8(2)6-15(7-10(16)17)11(18)12-5-9-3-4-13-14-9;/h3-4,8H,5-7H2,1-2H3,(H,12,18)(H,13,14)(H,16,17);/q;+1/p-1. The molecule has 0 fully saturated rings. The number of carboxylic acid groups (broad SMARTS) is 1. The third-order valence-electron chi connectivity index (χ3n) is 2.18. The van der Waals surface area contributed by atoms with Gasteiger partial charge in [-0.3, -0.25) is 5.10 Å². The number of aliphatic carboxylic acids is 1. The molecule has 100 valence electrons. The zero-order valence-electron chi connectivity index (χ0n) is 11.5. The van der Waals surface area contributed by atoms with Crippen LogP contribution >= 0.6 is 0 Å². The number of aromatic amines is 1. The van der Waals surface area contributed by atoms with Gasteiger partial charge in [-0.05, 0) is 12.0 Å². The van der Waals surface area contributed by atoms with E-state index in [1.54, 1.807) is 12.3 Å². The molecule has 19 heavy (non-hydrogen) atoms. The fourth-order valence-electron chi connectivity index (χ4n) is 1.48. The Kier molecular flexibility index (Phi) is 9.28. The fourth-order valence-corrected chi connectivity index (χ4v) is 1.48. The average Bonchev–Trinajstić information content (AvgIpc) is 2.76. The number of H-pyrrole nitrogens is 1. The van der Waals surface area contributed by atoms with Crippen molar-refractivity contribution in [3.05, 3.63) is 18.0 Å². The molecule has 0 aromatic carbocycles. The Morgan fingerprint density at radius 1 is 1.53 bits per heavy atom. The van der Waals surface area contributed by atoms with E-state index < -0.39 is 18.5 Å². The molecule has 0 aliphatic rings. The van der Waals surface area contributed by atoms with Gasteiger partial charge in [0.2, 0.25) is 0 Å². The van der Waals surface area contributed by atoms with Crippen molar-refractivity contribution >= 4 is 12.0 Å². The van der Waals surface area contributed by atoms with E-state index in [1.165, 1.54) is 4.90 Å². The van der Waals surface area contributed by atoms with Crippen LogP contribution in [0.5, 0.6) is 0 Å². The van der Waals surface area contributed by atoms with Crippen LogP contribution in [0.1, 0.15) is 19.5 Å². The molecule has 1 aromatic rings. The van der Waals surface area contributed by atoms with Gasteiger partial charge in [-0.2, -0.15) is 5.10 Å². The monoisotopic (exact) mass is 292 g/mol. The average molecular weight is 292 g/mol. The van der Waals surface area contributed by atoms with Gasteiger partial charge < -0.3 is 20.1 Å². The third kappa shape index (κ3) is 7.68. The van der Waals surface area contributed by atoms with Gasteiger partial charge >= 0.3 is 57.4 Å². The van der Waals surface area contributed by atoms with E-state index in [1.807, 2.05) is 13.8 Å². The van der Waals surface area contributed by atoms with E-state index in [-0.39, 0.29) is 63.8 Å². The summed E-state index contributed by atoms with van der Waals surface area (Å²) in [5.41, 5.74) is 0.751. The Morgan fingerprint density at radius 3 is 2.68 bits per heavy atom. The van der Waals surface area contributed by atoms with E-state index in [0.717, 1.165) is 5.69 Å². The van der Waals surface area contributed by atoms with Gasteiger partial charge in [0.15, 0.2) is 0 Å². The number of hydrogen-bond acceptors (Lipinski definition) is 4. The predicted molar refractivity (Wildman–Crippen MR) is 62.2 cm³/mol. The molecule has 0 aliphatic heterocycles. The quantitative estimate of drug-likeness (QED) is 0.528. The first-order chi connectivity index (χ1) is 8.49. The fraction of sp³-hybridized carbons (Fsp3) is 0.545. The number of aromatic nitrogens is 2. The Morgan fingerprint density at radius 2 is 2.21 bits per heavy atom. The molecule has 1 rings (SSSR count). The van der Waals surface area contributed by atoms with E-state index in [0.29, 0.717) is 6.54 Å². The minimum Gasteiger partial charge on any atom is -0.548 e. The molecule has 8 heteroatoms. The van der Waals surface area contributed by atoms with Crippen LogP contribution in [-0.4, -0.2) is 40.2 Å². The van der Waals surface area contributed by atoms with Gasteiger partial charge in [0.05, 0.1) is 24.8 Å². The molecule has 0 aliphatic carbocycles. The van der Waals surface area contributed by atoms with Gasteiger partial charge in [0.25, 0.3) is 0 Å². The Labute approximate surface area is 154 Å². The third-order valence-corrected chi connectivity index (χ3v) is 2.18. The zero-order chi connectivity index (χ0) is 13.5. The van der Waals surface area contributed by atoms with Gasteiger partial charge in [-0.15, -0.1) is 0 Å². The maximum absolute atomic E-state index is 11.8. The van der Waals surface area contributed by atoms with Gasteiger partial charge in [0, 0.05) is 12.7 Å². The zero-order valence-corrected chi connectivity index (χ0v) is 14.6. The summed E-state index contributed by atoms with van der Waals surface area (Å²) in [4.78, 5) is 23.6. The van der Waals surface area contributed by atoms with Crippen molar-refractivity contribution < 1.29 is 66.1 Å². The first-order valence-electron chi connectivity index (χ1n) is 5.70. The summed E-state index contributed by atoms with van der Waals surface area (Å²) in [6.07, 6.45) is 1.58. The van der Waals surface area contributed by atoms with Gasteiger partial charge in [0.1, 0.15) is 0 Å². The van der Waals surface area contributed by atoms with Crippen LogP contribution in [0.3, 0.4) is 0 Å². The number of amides is 2. The summed E-state index contributed by atoms with van der Waals surface area (Å²) < 4.78 is 0. The van der Waals surface area contributed by atoms with Crippen LogP contribution in [-0.2, 0) is 11.3 Å². The Hall–Kier alpha value is -0.414. The normalized spacial score (nSPS) is 9.84. The SMILES string of the molecule is CC(C)CN(CC(=O)[O-])C(=O)NCc1ccn[nH]1.[K+]. The summed E-state index contributed by atoms with van der Waals surface area (Å²) in [5.74, 6) is -1.09. The summed E-state index contributed by atoms with van der Waals surface area (Å²) in [7, 11) is 0. The van der Waals surface area contributed by atoms with Crippen molar-refractivity contribution in [1.29, 1.82) is 0 Å². The molecule has 1 heterocycles. The minimum atomic E-state index is -1.27. The first-order valence-corrected chi connectivity index (χ1v) is 5.70. The maximum atomic E-state index is 11.8. The number of nitrogens with one attached hydrogen (secondary N) is 2. The first kappa shape index (κ1) is 18.6. The molecule has 0 unspecified atom stereocenters. The van der Waals surface area contributed by atoms with Crippen molar-refractivity contribution in [3.8, 4) is 0 Å². The van der Waals surface area contributed by atoms with Crippen LogP contribution in [0.4, 0.5) is 4.79 Å². The van der Waals surface area contributed by atoms with Crippen LogP contribution in [0.2, 0.25) is 0 Å². The van der Waals surface area contributed by atoms with Crippen molar-refractivity contribution in [2.45, 2.75) is 20.4 Å². The Bertz CT molecular complexity index is 395. The van der Waals surface area contributed by atoms with Gasteiger partial charge in [-0.1, -0.05) is 13.8 Å². The molecule has 2 N–H and O–H groups in total. The molecule has 0 saturated heterocycles. The number of urea groups is 1. The van der Waals surface area contributed by atoms with Crippen LogP contribution in [0, 0.1) is 5.92 Å². The molecule has 0 atom stereocenters.